The maximum Gasteiger partial charge on any atom is 0.405 e. The van der Waals surface area contributed by atoms with Crippen LogP contribution in [-0.4, -0.2) is 67.1 Å². The van der Waals surface area contributed by atoms with Crippen molar-refractivity contribution in [3.8, 4) is 6.07 Å². The molecule has 0 aromatic rings. The van der Waals surface area contributed by atoms with Gasteiger partial charge in [0.2, 0.25) is 0 Å². The van der Waals surface area contributed by atoms with Crippen molar-refractivity contribution < 1.29 is 22.8 Å². The van der Waals surface area contributed by atoms with E-state index in [0.717, 1.165) is 12.5 Å². The molecule has 1 rings (SSSR count). The Labute approximate surface area is 149 Å². The second kappa shape index (κ2) is 9.03. The molecule has 142 valence electrons. The van der Waals surface area contributed by atoms with E-state index in [1.807, 2.05) is 5.32 Å². The van der Waals surface area contributed by atoms with Crippen LogP contribution in [0.3, 0.4) is 0 Å². The Kier molecular flexibility index (Phi) is 7.37. The van der Waals surface area contributed by atoms with Crippen molar-refractivity contribution in [1.82, 2.24) is 15.1 Å². The first-order valence-electron chi connectivity index (χ1n) is 7.68. The topological polar surface area (TPSA) is 100 Å². The molecule has 0 spiro atoms. The fraction of sp³-hybridized carbons (Fsp3) is 0.500. The van der Waals surface area contributed by atoms with E-state index in [0.29, 0.717) is 24.9 Å². The van der Waals surface area contributed by atoms with Gasteiger partial charge >= 0.3 is 6.18 Å². The number of nitrogens with one attached hydrogen (secondary N) is 2. The van der Waals surface area contributed by atoms with E-state index in [-0.39, 0.29) is 18.0 Å². The number of carbonyl (C=O) groups is 2. The fourth-order valence-electron chi connectivity index (χ4n) is 2.54. The molecule has 0 aliphatic carbocycles. The van der Waals surface area contributed by atoms with E-state index in [2.05, 4.69) is 12.6 Å². The molecule has 1 amide bonds. The van der Waals surface area contributed by atoms with Gasteiger partial charge in [-0.25, -0.2) is 0 Å². The second-order valence-electron chi connectivity index (χ2n) is 5.90. The van der Waals surface area contributed by atoms with Crippen molar-refractivity contribution >= 4 is 18.4 Å². The molecule has 1 fully saturated rings. The molecule has 0 bridgehead atoms. The average molecular weight is 371 g/mol. The summed E-state index contributed by atoms with van der Waals surface area (Å²) in [5.74, 6) is -0.962. The Bertz CT molecular complexity index is 639. The van der Waals surface area contributed by atoms with E-state index in [4.69, 9.17) is 10.7 Å². The minimum Gasteiger partial charge on any atom is -0.382 e. The van der Waals surface area contributed by atoms with Crippen LogP contribution < -0.4 is 5.32 Å². The smallest absolute Gasteiger partial charge is 0.382 e. The molecule has 2 atom stereocenters. The zero-order valence-electron chi connectivity index (χ0n) is 14.2. The third-order valence-electron chi connectivity index (χ3n) is 3.81. The zero-order chi connectivity index (χ0) is 19.9. The number of carbonyl (C=O) groups excluding carboxylic acids is 2. The number of likely N-dealkylation sites (N-methyl/N-ethyl adjacent to an activating group) is 1. The van der Waals surface area contributed by atoms with Gasteiger partial charge < -0.3 is 25.3 Å². The molecule has 10 heteroatoms. The van der Waals surface area contributed by atoms with Crippen molar-refractivity contribution in [3.05, 3.63) is 24.0 Å². The van der Waals surface area contributed by atoms with Gasteiger partial charge in [-0.05, 0) is 6.42 Å². The first kappa shape index (κ1) is 21.2. The third kappa shape index (κ3) is 5.91. The number of nitrogens with zero attached hydrogens (tertiary/aromatic N) is 3. The Morgan fingerprint density at radius 3 is 2.69 bits per heavy atom. The Balaban J connectivity index is 2.71. The SMILES string of the molecule is C=C(CN(C)C(=O)/C(C=N)=C/NCC(F)(F)F)N1CC(C=O)CC1C#N. The minimum absolute atomic E-state index is 0.00699. The summed E-state index contributed by atoms with van der Waals surface area (Å²) in [4.78, 5) is 26.0. The molecule has 0 aromatic carbocycles. The van der Waals surface area contributed by atoms with Gasteiger partial charge in [-0.3, -0.25) is 4.79 Å². The third-order valence-corrected chi connectivity index (χ3v) is 3.81. The highest BCUT2D eigenvalue weighted by molar-refractivity contribution is 6.11. The summed E-state index contributed by atoms with van der Waals surface area (Å²) in [5.41, 5.74) is 0.179. The lowest BCUT2D eigenvalue weighted by Crippen LogP contribution is -2.37. The zero-order valence-corrected chi connectivity index (χ0v) is 14.2. The predicted molar refractivity (Wildman–Crippen MR) is 88.0 cm³/mol. The standard InChI is InChI=1S/C16H20F3N5O2/c1-11(24-8-12(9-25)3-14(24)5-21)7-23(2)15(26)13(4-20)6-22-10-16(17,18)19/h4,6,9,12,14,20,22H,1,3,7-8,10H2,2H3/b13-6+,20-4?. The van der Waals surface area contributed by atoms with Crippen LogP contribution in [0.25, 0.3) is 0 Å². The summed E-state index contributed by atoms with van der Waals surface area (Å²) in [5, 5.41) is 18.3. The van der Waals surface area contributed by atoms with Crippen molar-refractivity contribution in [2.75, 3.05) is 26.7 Å². The molecule has 2 N–H and O–H groups in total. The van der Waals surface area contributed by atoms with Crippen LogP contribution in [0.5, 0.6) is 0 Å². The van der Waals surface area contributed by atoms with E-state index in [9.17, 15) is 22.8 Å². The number of hydrogen-bond donors (Lipinski definition) is 2. The quantitative estimate of drug-likeness (QED) is 0.377. The molecule has 0 radical (unpaired) electrons. The summed E-state index contributed by atoms with van der Waals surface area (Å²) in [6.07, 6.45) is -1.80. The summed E-state index contributed by atoms with van der Waals surface area (Å²) >= 11 is 0. The number of aldehydes is 1. The van der Waals surface area contributed by atoms with Crippen LogP contribution in [0.4, 0.5) is 13.2 Å². The Morgan fingerprint density at radius 1 is 1.54 bits per heavy atom. The Morgan fingerprint density at radius 2 is 2.19 bits per heavy atom. The van der Waals surface area contributed by atoms with Crippen LogP contribution in [0.15, 0.2) is 24.0 Å². The molecule has 1 heterocycles. The molecule has 0 saturated carbocycles. The maximum absolute atomic E-state index is 12.3. The lowest BCUT2D eigenvalue weighted by molar-refractivity contribution is -0.126. The van der Waals surface area contributed by atoms with Crippen molar-refractivity contribution in [3.63, 3.8) is 0 Å². The second-order valence-corrected chi connectivity index (χ2v) is 5.90. The first-order valence-corrected chi connectivity index (χ1v) is 7.68. The minimum atomic E-state index is -4.44. The Hall–Kier alpha value is -2.83. The molecular formula is C16H20F3N5O2. The molecule has 26 heavy (non-hydrogen) atoms. The maximum atomic E-state index is 12.3. The van der Waals surface area contributed by atoms with Gasteiger partial charge in [0.05, 0.1) is 18.2 Å². The van der Waals surface area contributed by atoms with Crippen LogP contribution in [-0.2, 0) is 9.59 Å². The van der Waals surface area contributed by atoms with Crippen molar-refractivity contribution in [2.24, 2.45) is 5.92 Å². The summed E-state index contributed by atoms with van der Waals surface area (Å²) < 4.78 is 36.4. The van der Waals surface area contributed by atoms with Gasteiger partial charge in [0.25, 0.3) is 5.91 Å². The van der Waals surface area contributed by atoms with Gasteiger partial charge in [-0.15, -0.1) is 0 Å². The number of amides is 1. The number of rotatable bonds is 8. The van der Waals surface area contributed by atoms with Gasteiger partial charge in [0.1, 0.15) is 18.9 Å². The summed E-state index contributed by atoms with van der Waals surface area (Å²) in [6.45, 7) is 2.84. The van der Waals surface area contributed by atoms with Gasteiger partial charge in [-0.1, -0.05) is 6.58 Å². The van der Waals surface area contributed by atoms with Crippen LogP contribution in [0.2, 0.25) is 0 Å². The summed E-state index contributed by atoms with van der Waals surface area (Å²) in [6, 6.07) is 1.56. The van der Waals surface area contributed by atoms with Crippen LogP contribution in [0, 0.1) is 22.7 Å². The van der Waals surface area contributed by atoms with E-state index >= 15 is 0 Å². The normalized spacial score (nSPS) is 20.3. The fourth-order valence-corrected chi connectivity index (χ4v) is 2.54. The molecule has 1 aliphatic heterocycles. The molecule has 1 aliphatic rings. The van der Waals surface area contributed by atoms with E-state index in [1.54, 1.807) is 4.90 Å². The average Bonchev–Trinajstić information content (AvgIpc) is 3.00. The molecule has 2 unspecified atom stereocenters. The molecule has 0 aromatic heterocycles. The highest BCUT2D eigenvalue weighted by atomic mass is 19.4. The van der Waals surface area contributed by atoms with Crippen molar-refractivity contribution in [2.45, 2.75) is 18.6 Å². The van der Waals surface area contributed by atoms with E-state index < -0.39 is 24.7 Å². The number of halogens is 3. The van der Waals surface area contributed by atoms with Gasteiger partial charge in [-0.2, -0.15) is 18.4 Å². The van der Waals surface area contributed by atoms with Crippen LogP contribution in [0.1, 0.15) is 6.42 Å². The monoisotopic (exact) mass is 371 g/mol. The molecule has 7 nitrogen and oxygen atoms in total. The van der Waals surface area contributed by atoms with Gasteiger partial charge in [0.15, 0.2) is 0 Å². The number of likely N-dealkylation sites (tertiary alicyclic amines) is 1. The van der Waals surface area contributed by atoms with Crippen molar-refractivity contribution in [1.29, 1.82) is 10.7 Å². The molecular weight excluding hydrogens is 351 g/mol. The lowest BCUT2D eigenvalue weighted by atomic mass is 10.1. The first-order chi connectivity index (χ1) is 12.1. The van der Waals surface area contributed by atoms with Gasteiger partial charge in [0, 0.05) is 37.6 Å². The van der Waals surface area contributed by atoms with E-state index in [1.165, 1.54) is 11.9 Å². The number of hydrogen-bond acceptors (Lipinski definition) is 6. The highest BCUT2D eigenvalue weighted by Crippen LogP contribution is 2.25. The predicted octanol–water partition coefficient (Wildman–Crippen LogP) is 1.06. The molecule has 1 saturated heterocycles. The lowest BCUT2D eigenvalue weighted by Gasteiger charge is -2.28. The number of alkyl halides is 3. The largest absolute Gasteiger partial charge is 0.405 e. The number of nitriles is 1. The van der Waals surface area contributed by atoms with Crippen LogP contribution >= 0.6 is 0 Å². The summed E-state index contributed by atoms with van der Waals surface area (Å²) in [7, 11) is 1.41. The highest BCUT2D eigenvalue weighted by Gasteiger charge is 2.33.